The number of alkyl halides is 1. The van der Waals surface area contributed by atoms with Crippen LogP contribution < -0.4 is 5.73 Å². The van der Waals surface area contributed by atoms with Gasteiger partial charge in [0.05, 0.1) is 17.6 Å². The summed E-state index contributed by atoms with van der Waals surface area (Å²) in [6.45, 7) is 0. The van der Waals surface area contributed by atoms with Gasteiger partial charge in [-0.05, 0) is 0 Å². The van der Waals surface area contributed by atoms with E-state index in [0.717, 1.165) is 0 Å². The lowest BCUT2D eigenvalue weighted by atomic mass is 10.3. The summed E-state index contributed by atoms with van der Waals surface area (Å²) in [5.74, 6) is 6.20. The second kappa shape index (κ2) is 3.14. The lowest BCUT2D eigenvalue weighted by Crippen LogP contribution is -1.86. The Labute approximate surface area is 63.6 Å². The average Bonchev–Trinajstić information content (AvgIpc) is 2.31. The van der Waals surface area contributed by atoms with E-state index >= 15 is 0 Å². The van der Waals surface area contributed by atoms with Crippen molar-refractivity contribution in [2.45, 2.75) is 0 Å². The molecule has 3 nitrogen and oxygen atoms in total. The number of nitrogens with zero attached hydrogens (tertiary/aromatic N) is 1. The van der Waals surface area contributed by atoms with Gasteiger partial charge < -0.3 is 5.73 Å². The molecule has 0 aliphatic heterocycles. The van der Waals surface area contributed by atoms with Crippen molar-refractivity contribution in [1.29, 1.82) is 0 Å². The molecule has 1 heterocycles. The Morgan fingerprint density at radius 1 is 1.80 bits per heavy atom. The number of hydrogen-bond acceptors (Lipinski definition) is 2. The molecular formula is C6H6ClN3. The van der Waals surface area contributed by atoms with E-state index in [9.17, 15) is 0 Å². The van der Waals surface area contributed by atoms with Crippen LogP contribution >= 0.6 is 11.6 Å². The summed E-state index contributed by atoms with van der Waals surface area (Å²) in [7, 11) is 0. The lowest BCUT2D eigenvalue weighted by molar-refractivity contribution is 1.10. The van der Waals surface area contributed by atoms with Gasteiger partial charge in [0.25, 0.3) is 0 Å². The van der Waals surface area contributed by atoms with E-state index in [1.165, 1.54) is 0 Å². The van der Waals surface area contributed by atoms with E-state index in [0.29, 0.717) is 17.3 Å². The van der Waals surface area contributed by atoms with Gasteiger partial charge in [-0.3, -0.25) is 5.10 Å². The van der Waals surface area contributed by atoms with Gasteiger partial charge in [0, 0.05) is 0 Å². The van der Waals surface area contributed by atoms with Crippen LogP contribution in [0.1, 0.15) is 5.56 Å². The van der Waals surface area contributed by atoms with Gasteiger partial charge in [-0.25, -0.2) is 0 Å². The molecule has 0 aliphatic carbocycles. The SMILES string of the molecule is Nc1[nH]ncc1C#CCCl. The van der Waals surface area contributed by atoms with Gasteiger partial charge in [-0.1, -0.05) is 11.8 Å². The molecule has 0 radical (unpaired) electrons. The first-order valence-electron chi connectivity index (χ1n) is 2.68. The number of anilines is 1. The highest BCUT2D eigenvalue weighted by Gasteiger charge is 1.93. The Bertz CT molecular complexity index is 268. The molecular weight excluding hydrogens is 150 g/mol. The van der Waals surface area contributed by atoms with Crippen molar-refractivity contribution in [3.8, 4) is 11.8 Å². The Balaban J connectivity index is 2.84. The molecule has 0 amide bonds. The van der Waals surface area contributed by atoms with Crippen LogP contribution in [-0.4, -0.2) is 16.1 Å². The number of nitrogens with two attached hydrogens (primary N) is 1. The van der Waals surface area contributed by atoms with Crippen molar-refractivity contribution in [3.63, 3.8) is 0 Å². The van der Waals surface area contributed by atoms with Gasteiger partial charge in [0.15, 0.2) is 0 Å². The highest BCUT2D eigenvalue weighted by molar-refractivity contribution is 6.19. The Kier molecular flexibility index (Phi) is 2.19. The van der Waals surface area contributed by atoms with Crippen LogP contribution in [0.4, 0.5) is 5.82 Å². The molecule has 0 atom stereocenters. The molecule has 0 bridgehead atoms. The molecule has 0 saturated carbocycles. The third-order valence-corrected chi connectivity index (χ3v) is 1.09. The summed E-state index contributed by atoms with van der Waals surface area (Å²) in [6.07, 6.45) is 1.56. The van der Waals surface area contributed by atoms with Gasteiger partial charge in [-0.15, -0.1) is 11.6 Å². The van der Waals surface area contributed by atoms with Crippen molar-refractivity contribution < 1.29 is 0 Å². The summed E-state index contributed by atoms with van der Waals surface area (Å²) >= 11 is 5.33. The van der Waals surface area contributed by atoms with Crippen LogP contribution in [-0.2, 0) is 0 Å². The van der Waals surface area contributed by atoms with E-state index in [1.807, 2.05) is 0 Å². The third kappa shape index (κ3) is 1.42. The molecule has 1 aromatic rings. The zero-order valence-electron chi connectivity index (χ0n) is 5.19. The standard InChI is InChI=1S/C6H6ClN3/c7-3-1-2-5-4-9-10-6(5)8/h4H,3H2,(H3,8,9,10). The minimum Gasteiger partial charge on any atom is -0.383 e. The van der Waals surface area contributed by atoms with Gasteiger partial charge in [0.2, 0.25) is 0 Å². The number of aromatic nitrogens is 2. The quantitative estimate of drug-likeness (QED) is 0.426. The van der Waals surface area contributed by atoms with Crippen molar-refractivity contribution in [2.24, 2.45) is 0 Å². The first-order chi connectivity index (χ1) is 4.84. The number of hydrogen-bond donors (Lipinski definition) is 2. The minimum atomic E-state index is 0.310. The van der Waals surface area contributed by atoms with E-state index in [-0.39, 0.29) is 0 Å². The zero-order chi connectivity index (χ0) is 7.40. The third-order valence-electron chi connectivity index (χ3n) is 0.959. The first kappa shape index (κ1) is 6.97. The second-order valence-corrected chi connectivity index (χ2v) is 1.90. The Hall–Kier alpha value is -1.14. The number of halogens is 1. The highest BCUT2D eigenvalue weighted by Crippen LogP contribution is 2.01. The Morgan fingerprint density at radius 2 is 2.60 bits per heavy atom. The number of aromatic amines is 1. The molecule has 52 valence electrons. The number of nitrogen functional groups attached to an aromatic ring is 1. The van der Waals surface area contributed by atoms with E-state index in [1.54, 1.807) is 6.20 Å². The smallest absolute Gasteiger partial charge is 0.134 e. The highest BCUT2D eigenvalue weighted by atomic mass is 35.5. The van der Waals surface area contributed by atoms with Crippen LogP contribution in [0.5, 0.6) is 0 Å². The average molecular weight is 156 g/mol. The van der Waals surface area contributed by atoms with E-state index in [2.05, 4.69) is 22.0 Å². The molecule has 10 heavy (non-hydrogen) atoms. The second-order valence-electron chi connectivity index (χ2n) is 1.63. The maximum atomic E-state index is 5.42. The fourth-order valence-electron chi connectivity index (χ4n) is 0.524. The van der Waals surface area contributed by atoms with Crippen molar-refractivity contribution >= 4 is 17.4 Å². The molecule has 0 unspecified atom stereocenters. The van der Waals surface area contributed by atoms with Gasteiger partial charge >= 0.3 is 0 Å². The normalized spacial score (nSPS) is 8.50. The molecule has 1 rings (SSSR count). The van der Waals surface area contributed by atoms with Crippen molar-refractivity contribution in [1.82, 2.24) is 10.2 Å². The molecule has 0 aromatic carbocycles. The summed E-state index contributed by atoms with van der Waals surface area (Å²) in [5.41, 5.74) is 6.11. The first-order valence-corrected chi connectivity index (χ1v) is 3.21. The number of H-pyrrole nitrogens is 1. The minimum absolute atomic E-state index is 0.310. The molecule has 3 N–H and O–H groups in total. The van der Waals surface area contributed by atoms with Crippen LogP contribution in [0.3, 0.4) is 0 Å². The topological polar surface area (TPSA) is 54.7 Å². The van der Waals surface area contributed by atoms with Crippen LogP contribution in [0.25, 0.3) is 0 Å². The van der Waals surface area contributed by atoms with Crippen molar-refractivity contribution in [2.75, 3.05) is 11.6 Å². The predicted octanol–water partition coefficient (Wildman–Crippen LogP) is 0.582. The summed E-state index contributed by atoms with van der Waals surface area (Å²) in [5, 5.41) is 6.24. The van der Waals surface area contributed by atoms with E-state index < -0.39 is 0 Å². The monoisotopic (exact) mass is 155 g/mol. The summed E-state index contributed by atoms with van der Waals surface area (Å²) in [4.78, 5) is 0. The zero-order valence-corrected chi connectivity index (χ0v) is 5.94. The maximum Gasteiger partial charge on any atom is 0.134 e. The van der Waals surface area contributed by atoms with Crippen LogP contribution in [0.15, 0.2) is 6.20 Å². The molecule has 0 fully saturated rings. The summed E-state index contributed by atoms with van der Waals surface area (Å²) in [6, 6.07) is 0. The molecule has 1 aromatic heterocycles. The van der Waals surface area contributed by atoms with E-state index in [4.69, 9.17) is 17.3 Å². The van der Waals surface area contributed by atoms with Crippen LogP contribution in [0.2, 0.25) is 0 Å². The number of rotatable bonds is 0. The largest absolute Gasteiger partial charge is 0.383 e. The molecule has 4 heteroatoms. The maximum absolute atomic E-state index is 5.42. The van der Waals surface area contributed by atoms with Crippen molar-refractivity contribution in [3.05, 3.63) is 11.8 Å². The molecule has 0 aliphatic rings. The molecule has 0 spiro atoms. The Morgan fingerprint density at radius 3 is 3.10 bits per heavy atom. The fourth-order valence-corrected chi connectivity index (χ4v) is 0.591. The van der Waals surface area contributed by atoms with Gasteiger partial charge in [0.1, 0.15) is 5.82 Å². The lowest BCUT2D eigenvalue weighted by Gasteiger charge is -1.81. The number of nitrogens with one attached hydrogen (secondary N) is 1. The van der Waals surface area contributed by atoms with Crippen LogP contribution in [0, 0.1) is 11.8 Å². The fraction of sp³-hybridized carbons (Fsp3) is 0.167. The predicted molar refractivity (Wildman–Crippen MR) is 40.6 cm³/mol. The summed E-state index contributed by atoms with van der Waals surface area (Å²) < 4.78 is 0. The van der Waals surface area contributed by atoms with Gasteiger partial charge in [-0.2, -0.15) is 5.10 Å². The molecule has 0 saturated heterocycles.